The van der Waals surface area contributed by atoms with Crippen LogP contribution in [-0.2, 0) is 0 Å². The van der Waals surface area contributed by atoms with E-state index in [9.17, 15) is 0 Å². The van der Waals surface area contributed by atoms with E-state index < -0.39 is 0 Å². The summed E-state index contributed by atoms with van der Waals surface area (Å²) >= 11 is 0. The van der Waals surface area contributed by atoms with E-state index in [2.05, 4.69) is 33.8 Å². The number of rotatable bonds is 2. The van der Waals surface area contributed by atoms with Crippen LogP contribution in [0.4, 0.5) is 0 Å². The van der Waals surface area contributed by atoms with Gasteiger partial charge in [-0.15, -0.1) is 0 Å². The summed E-state index contributed by atoms with van der Waals surface area (Å²) in [6.45, 7) is 9.36. The molecule has 0 radical (unpaired) electrons. The Morgan fingerprint density at radius 1 is 1.25 bits per heavy atom. The summed E-state index contributed by atoms with van der Waals surface area (Å²) in [4.78, 5) is 0. The molecule has 0 spiro atoms. The Bertz CT molecular complexity index is 163. The first kappa shape index (κ1) is 9.83. The summed E-state index contributed by atoms with van der Waals surface area (Å²) in [6.07, 6.45) is 6.62. The molecule has 0 nitrogen and oxygen atoms in total. The smallest absolute Gasteiger partial charge is 0.0177 e. The summed E-state index contributed by atoms with van der Waals surface area (Å²) < 4.78 is 0. The van der Waals surface area contributed by atoms with E-state index in [1.807, 2.05) is 0 Å². The second-order valence-corrected chi connectivity index (χ2v) is 4.64. The minimum atomic E-state index is 0.762. The van der Waals surface area contributed by atoms with Gasteiger partial charge in [0.05, 0.1) is 0 Å². The van der Waals surface area contributed by atoms with Gasteiger partial charge in [0.25, 0.3) is 0 Å². The molecule has 1 atom stereocenters. The molecule has 12 heavy (non-hydrogen) atoms. The van der Waals surface area contributed by atoms with Crippen LogP contribution in [0.3, 0.4) is 0 Å². The molecule has 0 heterocycles. The Balaban J connectivity index is 2.71. The van der Waals surface area contributed by atoms with Gasteiger partial charge in [-0.2, -0.15) is 0 Å². The lowest BCUT2D eigenvalue weighted by atomic mass is 9.76. The fraction of sp³-hybridized carbons (Fsp3) is 0.833. The topological polar surface area (TPSA) is 0 Å². The van der Waals surface area contributed by atoms with Crippen molar-refractivity contribution in [2.45, 2.75) is 47.0 Å². The Morgan fingerprint density at radius 3 is 2.33 bits per heavy atom. The maximum absolute atomic E-state index is 2.48. The Morgan fingerprint density at radius 2 is 1.92 bits per heavy atom. The molecule has 1 rings (SSSR count). The van der Waals surface area contributed by atoms with Gasteiger partial charge in [-0.3, -0.25) is 0 Å². The monoisotopic (exact) mass is 166 g/mol. The molecule has 0 aromatic heterocycles. The minimum absolute atomic E-state index is 0.762. The van der Waals surface area contributed by atoms with Crippen LogP contribution in [0.15, 0.2) is 11.6 Å². The number of allylic oxidation sites excluding steroid dienone is 2. The first-order chi connectivity index (χ1) is 5.63. The molecule has 1 aliphatic carbocycles. The lowest BCUT2D eigenvalue weighted by Crippen LogP contribution is -2.18. The van der Waals surface area contributed by atoms with Crippen LogP contribution in [0.5, 0.6) is 0 Å². The van der Waals surface area contributed by atoms with E-state index >= 15 is 0 Å². The predicted octanol–water partition coefficient (Wildman–Crippen LogP) is 4.02. The first-order valence-electron chi connectivity index (χ1n) is 5.33. The maximum atomic E-state index is 2.48. The van der Waals surface area contributed by atoms with E-state index in [1.54, 1.807) is 5.57 Å². The molecule has 1 unspecified atom stereocenters. The van der Waals surface area contributed by atoms with Crippen molar-refractivity contribution in [2.24, 2.45) is 17.8 Å². The normalized spacial score (nSPS) is 24.8. The number of hydrogen-bond donors (Lipinski definition) is 0. The van der Waals surface area contributed by atoms with E-state index in [0.29, 0.717) is 0 Å². The van der Waals surface area contributed by atoms with Crippen LogP contribution >= 0.6 is 0 Å². The van der Waals surface area contributed by atoms with Gasteiger partial charge in [0, 0.05) is 0 Å². The second-order valence-electron chi connectivity index (χ2n) is 4.64. The van der Waals surface area contributed by atoms with Gasteiger partial charge in [-0.1, -0.05) is 39.3 Å². The molecule has 0 N–H and O–H groups in total. The molecule has 0 bridgehead atoms. The van der Waals surface area contributed by atoms with Crippen LogP contribution in [-0.4, -0.2) is 0 Å². The summed E-state index contributed by atoms with van der Waals surface area (Å²) in [5, 5.41) is 0. The van der Waals surface area contributed by atoms with Crippen molar-refractivity contribution in [3.05, 3.63) is 11.6 Å². The molecule has 0 aromatic rings. The molecule has 0 amide bonds. The van der Waals surface area contributed by atoms with Gasteiger partial charge < -0.3 is 0 Å². The van der Waals surface area contributed by atoms with Gasteiger partial charge >= 0.3 is 0 Å². The second kappa shape index (κ2) is 4.11. The Hall–Kier alpha value is -0.260. The van der Waals surface area contributed by atoms with Crippen molar-refractivity contribution >= 4 is 0 Å². The summed E-state index contributed by atoms with van der Waals surface area (Å²) in [6, 6.07) is 0. The zero-order valence-corrected chi connectivity index (χ0v) is 8.93. The van der Waals surface area contributed by atoms with E-state index in [-0.39, 0.29) is 0 Å². The molecule has 0 aromatic carbocycles. The van der Waals surface area contributed by atoms with Gasteiger partial charge in [0.1, 0.15) is 0 Å². The average Bonchev–Trinajstić information content (AvgIpc) is 2.04. The van der Waals surface area contributed by atoms with Crippen molar-refractivity contribution in [1.82, 2.24) is 0 Å². The molecule has 0 fully saturated rings. The van der Waals surface area contributed by atoms with E-state index in [4.69, 9.17) is 0 Å². The summed E-state index contributed by atoms with van der Waals surface area (Å²) in [7, 11) is 0. The van der Waals surface area contributed by atoms with Gasteiger partial charge in [-0.25, -0.2) is 0 Å². The molecular formula is C12H22. The van der Waals surface area contributed by atoms with Crippen molar-refractivity contribution in [1.29, 1.82) is 0 Å². The standard InChI is InChI=1S/C12H22/c1-9(2)11-7-5-6-8-12(11)10(3)4/h7,9-10,12H,5-6,8H2,1-4H3. The fourth-order valence-electron chi connectivity index (χ4n) is 2.31. The molecular weight excluding hydrogens is 144 g/mol. The molecule has 1 aliphatic rings. The van der Waals surface area contributed by atoms with Crippen LogP contribution < -0.4 is 0 Å². The quantitative estimate of drug-likeness (QED) is 0.543. The molecule has 70 valence electrons. The highest BCUT2D eigenvalue weighted by atomic mass is 14.3. The zero-order valence-electron chi connectivity index (χ0n) is 8.93. The van der Waals surface area contributed by atoms with Crippen molar-refractivity contribution < 1.29 is 0 Å². The largest absolute Gasteiger partial charge is 0.0848 e. The van der Waals surface area contributed by atoms with Crippen LogP contribution in [0.25, 0.3) is 0 Å². The van der Waals surface area contributed by atoms with Gasteiger partial charge in [-0.05, 0) is 37.0 Å². The zero-order chi connectivity index (χ0) is 9.14. The van der Waals surface area contributed by atoms with Gasteiger partial charge in [0.15, 0.2) is 0 Å². The molecule has 0 heteroatoms. The third-order valence-electron chi connectivity index (χ3n) is 3.00. The highest BCUT2D eigenvalue weighted by molar-refractivity contribution is 5.12. The number of hydrogen-bond acceptors (Lipinski definition) is 0. The average molecular weight is 166 g/mol. The highest BCUT2D eigenvalue weighted by Crippen LogP contribution is 2.34. The Labute approximate surface area is 77.1 Å². The van der Waals surface area contributed by atoms with Crippen molar-refractivity contribution in [3.8, 4) is 0 Å². The van der Waals surface area contributed by atoms with E-state index in [1.165, 1.54) is 19.3 Å². The Kier molecular flexibility index (Phi) is 3.37. The highest BCUT2D eigenvalue weighted by Gasteiger charge is 2.22. The molecule has 0 aliphatic heterocycles. The maximum Gasteiger partial charge on any atom is -0.0177 e. The van der Waals surface area contributed by atoms with Crippen LogP contribution in [0.2, 0.25) is 0 Å². The summed E-state index contributed by atoms with van der Waals surface area (Å²) in [5.74, 6) is 2.47. The predicted molar refractivity (Wildman–Crippen MR) is 55.1 cm³/mol. The SMILES string of the molecule is CC(C)C1=CCCCC1C(C)C. The lowest BCUT2D eigenvalue weighted by molar-refractivity contribution is 0.362. The third-order valence-corrected chi connectivity index (χ3v) is 3.00. The van der Waals surface area contributed by atoms with Crippen LogP contribution in [0.1, 0.15) is 47.0 Å². The lowest BCUT2D eigenvalue weighted by Gasteiger charge is -2.30. The van der Waals surface area contributed by atoms with Crippen molar-refractivity contribution in [3.63, 3.8) is 0 Å². The molecule has 0 saturated carbocycles. The minimum Gasteiger partial charge on any atom is -0.0848 e. The summed E-state index contributed by atoms with van der Waals surface area (Å²) in [5.41, 5.74) is 1.72. The van der Waals surface area contributed by atoms with Gasteiger partial charge in [0.2, 0.25) is 0 Å². The van der Waals surface area contributed by atoms with E-state index in [0.717, 1.165) is 17.8 Å². The molecule has 0 saturated heterocycles. The first-order valence-corrected chi connectivity index (χ1v) is 5.33. The van der Waals surface area contributed by atoms with Crippen molar-refractivity contribution in [2.75, 3.05) is 0 Å². The van der Waals surface area contributed by atoms with Crippen LogP contribution in [0, 0.1) is 17.8 Å². The fourth-order valence-corrected chi connectivity index (χ4v) is 2.31. The third kappa shape index (κ3) is 2.12.